The number of aromatic nitrogens is 3. The van der Waals surface area contributed by atoms with Gasteiger partial charge >= 0.3 is 12.1 Å². The number of halogens is 5. The van der Waals surface area contributed by atoms with Crippen molar-refractivity contribution in [2.24, 2.45) is 4.99 Å². The Morgan fingerprint density at radius 2 is 2.04 bits per heavy atom. The minimum Gasteiger partial charge on any atom is -0.467 e. The molecule has 11 heteroatoms. The molecule has 0 saturated heterocycles. The van der Waals surface area contributed by atoms with Crippen LogP contribution in [0.25, 0.3) is 0 Å². The first-order valence-electron chi connectivity index (χ1n) is 8.10. The molecular formula is C16H20F5N5O. The smallest absolute Gasteiger partial charge is 0.425 e. The summed E-state index contributed by atoms with van der Waals surface area (Å²) in [5.41, 5.74) is 0. The van der Waals surface area contributed by atoms with Crippen LogP contribution in [0.5, 0.6) is 0 Å². The first-order valence-corrected chi connectivity index (χ1v) is 8.10. The topological polar surface area (TPSA) is 64.3 Å². The molecule has 1 unspecified atom stereocenters. The van der Waals surface area contributed by atoms with Gasteiger partial charge in [-0.05, 0) is 19.9 Å². The van der Waals surface area contributed by atoms with Gasteiger partial charge in [-0.1, -0.05) is 12.7 Å². The van der Waals surface area contributed by atoms with Crippen LogP contribution in [0, 0.1) is 0 Å². The summed E-state index contributed by atoms with van der Waals surface area (Å²) in [6.45, 7) is 6.73. The van der Waals surface area contributed by atoms with Crippen LogP contribution in [0.4, 0.5) is 22.0 Å². The van der Waals surface area contributed by atoms with Crippen LogP contribution in [-0.4, -0.2) is 45.8 Å². The minimum atomic E-state index is -4.56. The zero-order valence-corrected chi connectivity index (χ0v) is 15.0. The Hall–Kier alpha value is -2.46. The maximum atomic E-state index is 13.8. The lowest BCUT2D eigenvalue weighted by Crippen LogP contribution is -2.41. The van der Waals surface area contributed by atoms with Gasteiger partial charge in [0.1, 0.15) is 0 Å². The summed E-state index contributed by atoms with van der Waals surface area (Å²) in [6, 6.07) is -1.29. The summed E-state index contributed by atoms with van der Waals surface area (Å²) in [7, 11) is 0. The Morgan fingerprint density at radius 1 is 1.37 bits per heavy atom. The van der Waals surface area contributed by atoms with Crippen LogP contribution >= 0.6 is 0 Å². The number of nitrogens with zero attached hydrogens (tertiary/aromatic N) is 4. The van der Waals surface area contributed by atoms with Crippen molar-refractivity contribution in [3.8, 4) is 0 Å². The highest BCUT2D eigenvalue weighted by molar-refractivity contribution is 5.75. The van der Waals surface area contributed by atoms with Crippen molar-refractivity contribution in [1.29, 1.82) is 0 Å². The minimum absolute atomic E-state index is 0.109. The number of hydrogen-bond acceptors (Lipinski definition) is 5. The predicted molar refractivity (Wildman–Crippen MR) is 88.6 cm³/mol. The van der Waals surface area contributed by atoms with Crippen molar-refractivity contribution < 1.29 is 26.7 Å². The molecule has 27 heavy (non-hydrogen) atoms. The number of rotatable bonds is 6. The highest BCUT2D eigenvalue weighted by atomic mass is 19.4. The molecule has 0 amide bonds. The largest absolute Gasteiger partial charge is 0.467 e. The molecule has 1 aliphatic rings. The Labute approximate surface area is 152 Å². The fourth-order valence-corrected chi connectivity index (χ4v) is 2.51. The van der Waals surface area contributed by atoms with Crippen LogP contribution in [0.2, 0.25) is 0 Å². The molecule has 0 saturated carbocycles. The monoisotopic (exact) mass is 393 g/mol. The van der Waals surface area contributed by atoms with E-state index in [-0.39, 0.29) is 18.3 Å². The summed E-state index contributed by atoms with van der Waals surface area (Å²) < 4.78 is 72.1. The van der Waals surface area contributed by atoms with Crippen LogP contribution < -0.4 is 5.32 Å². The van der Waals surface area contributed by atoms with E-state index in [9.17, 15) is 22.0 Å². The summed E-state index contributed by atoms with van der Waals surface area (Å²) in [4.78, 5) is 4.09. The zero-order valence-electron chi connectivity index (χ0n) is 15.0. The van der Waals surface area contributed by atoms with Gasteiger partial charge in [-0.15, -0.1) is 10.2 Å². The highest BCUT2D eigenvalue weighted by Gasteiger charge is 2.40. The predicted octanol–water partition coefficient (Wildman–Crippen LogP) is 3.34. The van der Waals surface area contributed by atoms with Crippen LogP contribution in [0.1, 0.15) is 38.5 Å². The number of ether oxygens (including phenoxy) is 1. The first-order chi connectivity index (χ1) is 12.4. The van der Waals surface area contributed by atoms with Crippen molar-refractivity contribution in [2.45, 2.75) is 51.1 Å². The quantitative estimate of drug-likeness (QED) is 0.458. The van der Waals surface area contributed by atoms with Gasteiger partial charge in [0.25, 0.3) is 0 Å². The number of allylic oxidation sites excluding steroid dienone is 2. The molecule has 1 N–H and O–H groups in total. The van der Waals surface area contributed by atoms with E-state index in [2.05, 4.69) is 27.1 Å². The maximum absolute atomic E-state index is 13.8. The standard InChI is InChI=1S/C16H20F5N5O/c1-5-6-13(27-10(3)16(19,20)21)23-11-7-22-8-12-24-25-14(15(4,17)18)26(12)9(11)2/h5-6,8-11,23H,1,7H2,2-4H3/b13-6+/t9-,10+,11?/m1/s1. The molecule has 0 fully saturated rings. The molecule has 1 aromatic heterocycles. The Morgan fingerprint density at radius 3 is 2.59 bits per heavy atom. The summed E-state index contributed by atoms with van der Waals surface area (Å²) in [5, 5.41) is 10.0. The number of aliphatic imine (C=N–C) groups is 1. The van der Waals surface area contributed by atoms with E-state index in [1.165, 1.54) is 22.9 Å². The van der Waals surface area contributed by atoms with Crippen LogP contribution in [0.3, 0.4) is 0 Å². The van der Waals surface area contributed by atoms with Gasteiger partial charge in [-0.2, -0.15) is 22.0 Å². The SMILES string of the molecule is C=C/C=C(\NC1CN=Cc2nnc(C(C)(F)F)n2[C@@H]1C)O[C@@H](C)C(F)(F)F. The van der Waals surface area contributed by atoms with E-state index in [1.54, 1.807) is 6.92 Å². The van der Waals surface area contributed by atoms with Gasteiger partial charge in [0.15, 0.2) is 17.8 Å². The number of nitrogens with one attached hydrogen (secondary N) is 1. The maximum Gasteiger partial charge on any atom is 0.425 e. The molecule has 6 nitrogen and oxygen atoms in total. The number of alkyl halides is 5. The average Bonchev–Trinajstić information content (AvgIpc) is 2.90. The van der Waals surface area contributed by atoms with Crippen molar-refractivity contribution in [3.05, 3.63) is 36.3 Å². The van der Waals surface area contributed by atoms with Gasteiger partial charge in [0.05, 0.1) is 24.8 Å². The summed E-state index contributed by atoms with van der Waals surface area (Å²) >= 11 is 0. The van der Waals surface area contributed by atoms with E-state index in [4.69, 9.17) is 4.74 Å². The molecule has 2 heterocycles. The lowest BCUT2D eigenvalue weighted by Gasteiger charge is -2.29. The Kier molecular flexibility index (Phi) is 5.91. The third kappa shape index (κ3) is 4.83. The Bertz CT molecular complexity index is 735. The molecular weight excluding hydrogens is 373 g/mol. The Balaban J connectivity index is 2.28. The third-order valence-corrected chi connectivity index (χ3v) is 3.97. The summed E-state index contributed by atoms with van der Waals surface area (Å²) in [5.74, 6) is -3.85. The fourth-order valence-electron chi connectivity index (χ4n) is 2.51. The second-order valence-corrected chi connectivity index (χ2v) is 6.19. The van der Waals surface area contributed by atoms with Crippen molar-refractivity contribution >= 4 is 6.21 Å². The van der Waals surface area contributed by atoms with Crippen molar-refractivity contribution in [3.63, 3.8) is 0 Å². The molecule has 3 atom stereocenters. The third-order valence-electron chi connectivity index (χ3n) is 3.97. The highest BCUT2D eigenvalue weighted by Crippen LogP contribution is 2.30. The average molecular weight is 393 g/mol. The molecule has 0 spiro atoms. The van der Waals surface area contributed by atoms with Gasteiger partial charge < -0.3 is 14.6 Å². The van der Waals surface area contributed by atoms with E-state index in [1.807, 2.05) is 0 Å². The van der Waals surface area contributed by atoms with Gasteiger partial charge in [0, 0.05) is 6.92 Å². The van der Waals surface area contributed by atoms with Crippen molar-refractivity contribution in [1.82, 2.24) is 20.1 Å². The number of fused-ring (bicyclic) bond motifs is 1. The first kappa shape index (κ1) is 20.8. The van der Waals surface area contributed by atoms with Crippen LogP contribution in [-0.2, 0) is 10.7 Å². The summed E-state index contributed by atoms with van der Waals surface area (Å²) in [6.07, 6.45) is -2.84. The van der Waals surface area contributed by atoms with Crippen LogP contribution in [0.15, 0.2) is 29.6 Å². The van der Waals surface area contributed by atoms with E-state index < -0.39 is 36.1 Å². The molecule has 0 bridgehead atoms. The molecule has 1 aliphatic heterocycles. The lowest BCUT2D eigenvalue weighted by atomic mass is 10.1. The van der Waals surface area contributed by atoms with E-state index in [0.29, 0.717) is 6.92 Å². The van der Waals surface area contributed by atoms with Gasteiger partial charge in [-0.3, -0.25) is 4.99 Å². The van der Waals surface area contributed by atoms with E-state index in [0.717, 1.165) is 6.92 Å². The molecule has 1 aromatic rings. The molecule has 0 aromatic carbocycles. The number of hydrogen-bond donors (Lipinski definition) is 1. The molecule has 2 rings (SSSR count). The van der Waals surface area contributed by atoms with E-state index >= 15 is 0 Å². The van der Waals surface area contributed by atoms with Crippen molar-refractivity contribution in [2.75, 3.05) is 6.54 Å². The second-order valence-electron chi connectivity index (χ2n) is 6.19. The van der Waals surface area contributed by atoms with Gasteiger partial charge in [0.2, 0.25) is 5.82 Å². The normalized spacial score (nSPS) is 22.0. The lowest BCUT2D eigenvalue weighted by molar-refractivity contribution is -0.205. The van der Waals surface area contributed by atoms with Gasteiger partial charge in [-0.25, -0.2) is 0 Å². The zero-order chi connectivity index (χ0) is 20.4. The molecule has 150 valence electrons. The molecule has 0 radical (unpaired) electrons. The fraction of sp³-hybridized carbons (Fsp3) is 0.562. The second kappa shape index (κ2) is 7.65. The molecule has 0 aliphatic carbocycles.